The number of ether oxygens (including phenoxy) is 1. The highest BCUT2D eigenvalue weighted by Gasteiger charge is 2.27. The first-order valence-electron chi connectivity index (χ1n) is 6.68. The van der Waals surface area contributed by atoms with Crippen LogP contribution in [-0.4, -0.2) is 50.0 Å². The van der Waals surface area contributed by atoms with Crippen LogP contribution in [0.1, 0.15) is 17.3 Å². The van der Waals surface area contributed by atoms with Crippen molar-refractivity contribution in [2.45, 2.75) is 19.1 Å². The van der Waals surface area contributed by atoms with Gasteiger partial charge in [-0.05, 0) is 25.1 Å². The van der Waals surface area contributed by atoms with Crippen molar-refractivity contribution in [1.82, 2.24) is 5.32 Å². The molecule has 0 radical (unpaired) electrons. The van der Waals surface area contributed by atoms with E-state index in [2.05, 4.69) is 5.32 Å². The lowest BCUT2D eigenvalue weighted by molar-refractivity contribution is -0.0421. The van der Waals surface area contributed by atoms with Gasteiger partial charge in [-0.15, -0.1) is 0 Å². The second-order valence-corrected chi connectivity index (χ2v) is 5.01. The minimum Gasteiger partial charge on any atom is -0.399 e. The number of carbonyl (C=O) groups excluding carboxylic acids is 1. The van der Waals surface area contributed by atoms with Crippen molar-refractivity contribution in [2.24, 2.45) is 0 Å². The molecule has 1 saturated heterocycles. The van der Waals surface area contributed by atoms with Crippen molar-refractivity contribution < 1.29 is 14.6 Å². The molecule has 2 rings (SSSR count). The second kappa shape index (κ2) is 6.11. The zero-order valence-electron chi connectivity index (χ0n) is 11.8. The molecule has 1 aromatic carbocycles. The van der Waals surface area contributed by atoms with E-state index in [9.17, 15) is 9.90 Å². The van der Waals surface area contributed by atoms with E-state index in [0.29, 0.717) is 24.3 Å². The lowest BCUT2D eigenvalue weighted by Crippen LogP contribution is -2.48. The number of hydrogen-bond acceptors (Lipinski definition) is 5. The molecule has 0 aromatic heterocycles. The van der Waals surface area contributed by atoms with Crippen LogP contribution in [0.5, 0.6) is 0 Å². The third kappa shape index (κ3) is 3.02. The number of rotatable bonds is 3. The molecule has 0 aliphatic carbocycles. The van der Waals surface area contributed by atoms with Gasteiger partial charge in [0.15, 0.2) is 0 Å². The van der Waals surface area contributed by atoms with E-state index in [1.54, 1.807) is 25.2 Å². The molecular weight excluding hydrogens is 258 g/mol. The molecule has 6 heteroatoms. The average Bonchev–Trinajstić information content (AvgIpc) is 2.45. The molecular formula is C14H21N3O3. The predicted octanol–water partition coefficient (Wildman–Crippen LogP) is 0.214. The van der Waals surface area contributed by atoms with Gasteiger partial charge in [-0.2, -0.15) is 0 Å². The van der Waals surface area contributed by atoms with Crippen LogP contribution < -0.4 is 16.0 Å². The summed E-state index contributed by atoms with van der Waals surface area (Å²) < 4.78 is 5.62. The summed E-state index contributed by atoms with van der Waals surface area (Å²) >= 11 is 0. The van der Waals surface area contributed by atoms with Gasteiger partial charge >= 0.3 is 0 Å². The summed E-state index contributed by atoms with van der Waals surface area (Å²) in [5.74, 6) is -0.153. The van der Waals surface area contributed by atoms with Crippen LogP contribution in [0.15, 0.2) is 18.2 Å². The Kier molecular flexibility index (Phi) is 4.46. The second-order valence-electron chi connectivity index (χ2n) is 5.01. The molecule has 0 spiro atoms. The van der Waals surface area contributed by atoms with Gasteiger partial charge in [0.2, 0.25) is 0 Å². The fraction of sp³-hybridized carbons (Fsp3) is 0.500. The molecule has 1 fully saturated rings. The number of nitrogens with one attached hydrogen (secondary N) is 1. The number of benzene rings is 1. The van der Waals surface area contributed by atoms with E-state index in [1.807, 2.05) is 11.8 Å². The maximum Gasteiger partial charge on any atom is 0.253 e. The number of anilines is 2. The van der Waals surface area contributed by atoms with Crippen molar-refractivity contribution in [3.8, 4) is 0 Å². The zero-order valence-corrected chi connectivity index (χ0v) is 11.8. The Labute approximate surface area is 118 Å². The average molecular weight is 279 g/mol. The zero-order chi connectivity index (χ0) is 14.7. The van der Waals surface area contributed by atoms with Gasteiger partial charge in [-0.25, -0.2) is 0 Å². The van der Waals surface area contributed by atoms with Crippen LogP contribution in [0.4, 0.5) is 11.4 Å². The van der Waals surface area contributed by atoms with E-state index < -0.39 is 0 Å². The highest BCUT2D eigenvalue weighted by Crippen LogP contribution is 2.27. The summed E-state index contributed by atoms with van der Waals surface area (Å²) in [6.07, 6.45) is -0.266. The Balaban J connectivity index is 2.35. The van der Waals surface area contributed by atoms with E-state index in [0.717, 1.165) is 5.69 Å². The summed E-state index contributed by atoms with van der Waals surface area (Å²) in [7, 11) is 1.60. The van der Waals surface area contributed by atoms with Gasteiger partial charge in [-0.3, -0.25) is 4.79 Å². The number of aliphatic hydroxyl groups is 1. The molecule has 1 aromatic rings. The van der Waals surface area contributed by atoms with E-state index >= 15 is 0 Å². The topological polar surface area (TPSA) is 87.8 Å². The molecule has 1 aliphatic rings. The molecule has 2 atom stereocenters. The Morgan fingerprint density at radius 3 is 2.95 bits per heavy atom. The molecule has 0 bridgehead atoms. The monoisotopic (exact) mass is 279 g/mol. The Morgan fingerprint density at radius 1 is 1.55 bits per heavy atom. The number of aliphatic hydroxyl groups excluding tert-OH is 1. The first-order valence-corrected chi connectivity index (χ1v) is 6.68. The fourth-order valence-electron chi connectivity index (χ4n) is 2.48. The number of nitrogens with two attached hydrogens (primary N) is 1. The van der Waals surface area contributed by atoms with E-state index in [1.165, 1.54) is 0 Å². The van der Waals surface area contributed by atoms with Crippen LogP contribution in [-0.2, 0) is 4.74 Å². The Morgan fingerprint density at radius 2 is 2.30 bits per heavy atom. The SMILES string of the molecule is CNC(=O)c1ccc(N)cc1N1CC(C)OC(CO)C1. The van der Waals surface area contributed by atoms with Crippen LogP contribution in [0.2, 0.25) is 0 Å². The largest absolute Gasteiger partial charge is 0.399 e. The van der Waals surface area contributed by atoms with Gasteiger partial charge in [-0.1, -0.05) is 0 Å². The van der Waals surface area contributed by atoms with Gasteiger partial charge in [0.25, 0.3) is 5.91 Å². The molecule has 110 valence electrons. The standard InChI is InChI=1S/C14H21N3O3/c1-9-6-17(7-11(8-18)20-9)13-5-10(15)3-4-12(13)14(19)16-2/h3-5,9,11,18H,6-8,15H2,1-2H3,(H,16,19). The molecule has 1 heterocycles. The first-order chi connectivity index (χ1) is 9.55. The molecule has 1 aliphatic heterocycles. The maximum atomic E-state index is 12.0. The number of nitrogen functional groups attached to an aromatic ring is 1. The third-order valence-corrected chi connectivity index (χ3v) is 3.36. The molecule has 0 saturated carbocycles. The normalized spacial score (nSPS) is 22.6. The Bertz CT molecular complexity index is 493. The highest BCUT2D eigenvalue weighted by atomic mass is 16.5. The minimum absolute atomic E-state index is 0.0140. The number of morpholine rings is 1. The number of carbonyl (C=O) groups is 1. The quantitative estimate of drug-likeness (QED) is 0.689. The number of amides is 1. The minimum atomic E-state index is -0.252. The van der Waals surface area contributed by atoms with Crippen molar-refractivity contribution in [3.63, 3.8) is 0 Å². The van der Waals surface area contributed by atoms with Crippen molar-refractivity contribution in [2.75, 3.05) is 37.4 Å². The first kappa shape index (κ1) is 14.6. The van der Waals surface area contributed by atoms with Gasteiger partial charge < -0.3 is 25.8 Å². The van der Waals surface area contributed by atoms with Gasteiger partial charge in [0.05, 0.1) is 30.1 Å². The van der Waals surface area contributed by atoms with Crippen molar-refractivity contribution >= 4 is 17.3 Å². The fourth-order valence-corrected chi connectivity index (χ4v) is 2.48. The van der Waals surface area contributed by atoms with E-state index in [-0.39, 0.29) is 24.7 Å². The Hall–Kier alpha value is -1.79. The predicted molar refractivity (Wildman–Crippen MR) is 77.9 cm³/mol. The van der Waals surface area contributed by atoms with Crippen LogP contribution >= 0.6 is 0 Å². The third-order valence-electron chi connectivity index (χ3n) is 3.36. The molecule has 6 nitrogen and oxygen atoms in total. The summed E-state index contributed by atoms with van der Waals surface area (Å²) in [4.78, 5) is 14.0. The van der Waals surface area contributed by atoms with E-state index in [4.69, 9.17) is 10.5 Å². The molecule has 1 amide bonds. The highest BCUT2D eigenvalue weighted by molar-refractivity contribution is 6.00. The van der Waals surface area contributed by atoms with Crippen molar-refractivity contribution in [1.29, 1.82) is 0 Å². The summed E-state index contributed by atoms with van der Waals surface area (Å²) in [6, 6.07) is 5.22. The van der Waals surface area contributed by atoms with Crippen LogP contribution in [0, 0.1) is 0 Å². The van der Waals surface area contributed by atoms with Gasteiger partial charge in [0, 0.05) is 25.8 Å². The van der Waals surface area contributed by atoms with Crippen LogP contribution in [0.25, 0.3) is 0 Å². The molecule has 20 heavy (non-hydrogen) atoms. The number of hydrogen-bond donors (Lipinski definition) is 3. The lowest BCUT2D eigenvalue weighted by Gasteiger charge is -2.38. The van der Waals surface area contributed by atoms with Crippen molar-refractivity contribution in [3.05, 3.63) is 23.8 Å². The smallest absolute Gasteiger partial charge is 0.253 e. The lowest BCUT2D eigenvalue weighted by atomic mass is 10.1. The number of nitrogens with zero attached hydrogens (tertiary/aromatic N) is 1. The summed E-state index contributed by atoms with van der Waals surface area (Å²) in [6.45, 7) is 3.09. The summed E-state index contributed by atoms with van der Waals surface area (Å²) in [5.41, 5.74) is 7.79. The molecule has 2 unspecified atom stereocenters. The summed E-state index contributed by atoms with van der Waals surface area (Å²) in [5, 5.41) is 11.9. The molecule has 4 N–H and O–H groups in total. The maximum absolute atomic E-state index is 12.0. The van der Waals surface area contributed by atoms with Crippen LogP contribution in [0.3, 0.4) is 0 Å². The van der Waals surface area contributed by atoms with Gasteiger partial charge in [0.1, 0.15) is 0 Å².